The molecule has 7 nitrogen and oxygen atoms in total. The van der Waals surface area contributed by atoms with Crippen LogP contribution >= 0.6 is 24.0 Å². The normalized spacial score (nSPS) is 11.2. The average Bonchev–Trinajstić information content (AvgIpc) is 3.06. The van der Waals surface area contributed by atoms with Gasteiger partial charge in [0.25, 0.3) is 0 Å². The Morgan fingerprint density at radius 3 is 2.62 bits per heavy atom. The van der Waals surface area contributed by atoms with Crippen LogP contribution in [0.5, 0.6) is 0 Å². The molecule has 0 atom stereocenters. The minimum Gasteiger partial charge on any atom is -0.466 e. The van der Waals surface area contributed by atoms with Crippen LogP contribution in [0.2, 0.25) is 0 Å². The lowest BCUT2D eigenvalue weighted by molar-refractivity contribution is -0.143. The van der Waals surface area contributed by atoms with E-state index >= 15 is 0 Å². The third kappa shape index (κ3) is 9.40. The molecule has 0 bridgehead atoms. The van der Waals surface area contributed by atoms with Crippen molar-refractivity contribution in [1.82, 2.24) is 15.8 Å². The van der Waals surface area contributed by atoms with Gasteiger partial charge in [-0.05, 0) is 33.1 Å². The number of aliphatic imine (C=N–C) groups is 1. The standard InChI is InChI=1S/C18H32N4O3.HI/c1-5-14(6-2)16-12-15(25-22-16)13-21-18(19-7-3)20-11-9-10-17(23)24-8-4;/h12,14H,5-11,13H2,1-4H3,(H2,19,20,21);1H. The molecule has 1 heterocycles. The van der Waals surface area contributed by atoms with Gasteiger partial charge >= 0.3 is 5.97 Å². The first-order valence-electron chi connectivity index (χ1n) is 9.27. The van der Waals surface area contributed by atoms with Crippen molar-refractivity contribution in [3.05, 3.63) is 17.5 Å². The van der Waals surface area contributed by atoms with Gasteiger partial charge in [0.1, 0.15) is 6.54 Å². The molecule has 0 aliphatic carbocycles. The summed E-state index contributed by atoms with van der Waals surface area (Å²) in [7, 11) is 0. The molecule has 150 valence electrons. The number of ether oxygens (including phenoxy) is 1. The lowest BCUT2D eigenvalue weighted by Crippen LogP contribution is -2.37. The molecule has 1 aromatic rings. The SMILES string of the molecule is CCNC(=NCc1cc(C(CC)CC)no1)NCCCC(=O)OCC.I. The van der Waals surface area contributed by atoms with Crippen LogP contribution < -0.4 is 10.6 Å². The summed E-state index contributed by atoms with van der Waals surface area (Å²) in [6.07, 6.45) is 3.21. The van der Waals surface area contributed by atoms with Crippen LogP contribution in [0.15, 0.2) is 15.6 Å². The van der Waals surface area contributed by atoms with Gasteiger partial charge in [0, 0.05) is 31.5 Å². The molecular weight excluding hydrogens is 447 g/mol. The highest BCUT2D eigenvalue weighted by atomic mass is 127. The van der Waals surface area contributed by atoms with Gasteiger partial charge in [-0.2, -0.15) is 0 Å². The number of nitrogens with one attached hydrogen (secondary N) is 2. The zero-order valence-corrected chi connectivity index (χ0v) is 18.7. The molecule has 0 saturated carbocycles. The van der Waals surface area contributed by atoms with Gasteiger partial charge < -0.3 is 19.9 Å². The van der Waals surface area contributed by atoms with Gasteiger partial charge in [-0.1, -0.05) is 19.0 Å². The summed E-state index contributed by atoms with van der Waals surface area (Å²) in [5, 5.41) is 10.5. The van der Waals surface area contributed by atoms with E-state index in [2.05, 4.69) is 34.6 Å². The van der Waals surface area contributed by atoms with Crippen molar-refractivity contribution in [3.63, 3.8) is 0 Å². The fraction of sp³-hybridized carbons (Fsp3) is 0.722. The van der Waals surface area contributed by atoms with E-state index in [4.69, 9.17) is 9.26 Å². The fourth-order valence-electron chi connectivity index (χ4n) is 2.47. The van der Waals surface area contributed by atoms with E-state index in [0.717, 1.165) is 30.8 Å². The van der Waals surface area contributed by atoms with Crippen molar-refractivity contribution in [2.75, 3.05) is 19.7 Å². The van der Waals surface area contributed by atoms with E-state index in [1.54, 1.807) is 0 Å². The second-order valence-electron chi connectivity index (χ2n) is 5.76. The Morgan fingerprint density at radius 2 is 2.00 bits per heavy atom. The summed E-state index contributed by atoms with van der Waals surface area (Å²) in [6, 6.07) is 1.99. The second kappa shape index (κ2) is 14.8. The van der Waals surface area contributed by atoms with E-state index < -0.39 is 0 Å². The Bertz CT molecular complexity index is 530. The maximum absolute atomic E-state index is 11.3. The molecule has 0 amide bonds. The van der Waals surface area contributed by atoms with Crippen LogP contribution in [0.3, 0.4) is 0 Å². The summed E-state index contributed by atoms with van der Waals surface area (Å²) < 4.78 is 10.3. The minimum atomic E-state index is -0.165. The van der Waals surface area contributed by atoms with Gasteiger partial charge in [0.2, 0.25) is 0 Å². The topological polar surface area (TPSA) is 88.8 Å². The Labute approximate surface area is 173 Å². The molecule has 0 spiro atoms. The van der Waals surface area contributed by atoms with Gasteiger partial charge in [0.05, 0.1) is 12.3 Å². The Balaban J connectivity index is 0.00000625. The van der Waals surface area contributed by atoms with Gasteiger partial charge in [0.15, 0.2) is 11.7 Å². The number of guanidine groups is 1. The van der Waals surface area contributed by atoms with Gasteiger partial charge in [-0.15, -0.1) is 24.0 Å². The van der Waals surface area contributed by atoms with Crippen molar-refractivity contribution in [2.45, 2.75) is 65.8 Å². The molecule has 0 unspecified atom stereocenters. The minimum absolute atomic E-state index is 0. The van der Waals surface area contributed by atoms with Gasteiger partial charge in [-0.3, -0.25) is 4.79 Å². The van der Waals surface area contributed by atoms with Crippen molar-refractivity contribution >= 4 is 35.9 Å². The predicted molar refractivity (Wildman–Crippen MR) is 114 cm³/mol. The molecule has 0 aliphatic heterocycles. The highest BCUT2D eigenvalue weighted by molar-refractivity contribution is 14.0. The number of esters is 1. The third-order valence-electron chi connectivity index (χ3n) is 3.87. The van der Waals surface area contributed by atoms with Crippen molar-refractivity contribution in [1.29, 1.82) is 0 Å². The van der Waals surface area contributed by atoms with Crippen LogP contribution in [-0.2, 0) is 16.1 Å². The van der Waals surface area contributed by atoms with E-state index in [-0.39, 0.29) is 29.9 Å². The van der Waals surface area contributed by atoms with Crippen LogP contribution in [0.25, 0.3) is 0 Å². The highest BCUT2D eigenvalue weighted by Gasteiger charge is 2.12. The van der Waals surface area contributed by atoms with Gasteiger partial charge in [-0.25, -0.2) is 4.99 Å². The van der Waals surface area contributed by atoms with E-state index in [1.165, 1.54) is 0 Å². The Morgan fingerprint density at radius 1 is 1.27 bits per heavy atom. The number of hydrogen-bond acceptors (Lipinski definition) is 5. The lowest BCUT2D eigenvalue weighted by atomic mass is 9.99. The molecule has 2 N–H and O–H groups in total. The smallest absolute Gasteiger partial charge is 0.305 e. The first kappa shape index (κ1) is 24.7. The number of nitrogens with zero attached hydrogens (tertiary/aromatic N) is 2. The number of hydrogen-bond donors (Lipinski definition) is 2. The molecule has 0 aliphatic rings. The van der Waals surface area contributed by atoms with E-state index in [0.29, 0.717) is 44.4 Å². The summed E-state index contributed by atoms with van der Waals surface area (Å²) in [5.41, 5.74) is 1.00. The van der Waals surface area contributed by atoms with Crippen LogP contribution in [0.1, 0.15) is 70.8 Å². The first-order chi connectivity index (χ1) is 12.1. The third-order valence-corrected chi connectivity index (χ3v) is 3.87. The van der Waals surface area contributed by atoms with Crippen molar-refractivity contribution in [2.24, 2.45) is 4.99 Å². The molecular formula is C18H33IN4O3. The number of halogens is 1. The molecule has 26 heavy (non-hydrogen) atoms. The monoisotopic (exact) mass is 480 g/mol. The van der Waals surface area contributed by atoms with E-state index in [9.17, 15) is 4.79 Å². The zero-order valence-electron chi connectivity index (χ0n) is 16.3. The number of aromatic nitrogens is 1. The molecule has 8 heteroatoms. The zero-order chi connectivity index (χ0) is 18.5. The maximum atomic E-state index is 11.3. The Kier molecular flexibility index (Phi) is 14.1. The van der Waals surface area contributed by atoms with Crippen LogP contribution in [0, 0.1) is 0 Å². The van der Waals surface area contributed by atoms with E-state index in [1.807, 2.05) is 19.9 Å². The fourth-order valence-corrected chi connectivity index (χ4v) is 2.47. The predicted octanol–water partition coefficient (Wildman–Crippen LogP) is 3.59. The second-order valence-corrected chi connectivity index (χ2v) is 5.76. The molecule has 0 saturated heterocycles. The maximum Gasteiger partial charge on any atom is 0.305 e. The first-order valence-corrected chi connectivity index (χ1v) is 9.27. The molecule has 1 rings (SSSR count). The molecule has 0 radical (unpaired) electrons. The Hall–Kier alpha value is -1.32. The number of carbonyl (C=O) groups excluding carboxylic acids is 1. The average molecular weight is 480 g/mol. The number of rotatable bonds is 11. The van der Waals surface area contributed by atoms with Crippen molar-refractivity contribution < 1.29 is 14.1 Å². The summed E-state index contributed by atoms with van der Waals surface area (Å²) >= 11 is 0. The quantitative estimate of drug-likeness (QED) is 0.166. The molecule has 0 fully saturated rings. The highest BCUT2D eigenvalue weighted by Crippen LogP contribution is 2.22. The van der Waals surface area contributed by atoms with Crippen LogP contribution in [0.4, 0.5) is 0 Å². The summed E-state index contributed by atoms with van der Waals surface area (Å²) in [6.45, 7) is 10.4. The summed E-state index contributed by atoms with van der Waals surface area (Å²) in [5.74, 6) is 1.73. The number of carbonyl (C=O) groups is 1. The molecule has 1 aromatic heterocycles. The largest absolute Gasteiger partial charge is 0.466 e. The van der Waals surface area contributed by atoms with Crippen LogP contribution in [-0.4, -0.2) is 36.8 Å². The molecule has 0 aromatic carbocycles. The lowest BCUT2D eigenvalue weighted by Gasteiger charge is -2.10. The van der Waals surface area contributed by atoms with Crippen molar-refractivity contribution in [3.8, 4) is 0 Å². The summed E-state index contributed by atoms with van der Waals surface area (Å²) in [4.78, 5) is 15.8.